The van der Waals surface area contributed by atoms with Crippen LogP contribution in [-0.4, -0.2) is 57.5 Å². The maximum absolute atomic E-state index is 14.0. The van der Waals surface area contributed by atoms with Crippen molar-refractivity contribution < 1.29 is 68.8 Å². The number of hydrogen-bond donors (Lipinski definition) is 4. The molecule has 0 saturated heterocycles. The van der Waals surface area contributed by atoms with Crippen LogP contribution in [0, 0.1) is 23.3 Å². The van der Waals surface area contributed by atoms with Gasteiger partial charge < -0.3 is 51.8 Å². The first-order valence-electron chi connectivity index (χ1n) is 38.6. The van der Waals surface area contributed by atoms with E-state index in [2.05, 4.69) is 31.9 Å². The first-order valence-corrected chi connectivity index (χ1v) is 45.4. The van der Waals surface area contributed by atoms with Gasteiger partial charge in [-0.25, -0.2) is 36.7 Å². The summed E-state index contributed by atoms with van der Waals surface area (Å²) in [6.45, 7) is 0.490. The lowest BCUT2D eigenvalue weighted by Gasteiger charge is -2.25. The van der Waals surface area contributed by atoms with E-state index in [9.17, 15) is 89.5 Å². The molecule has 8 heterocycles. The van der Waals surface area contributed by atoms with Crippen molar-refractivity contribution in [3.8, 4) is 39.9 Å². The summed E-state index contributed by atoms with van der Waals surface area (Å²) in [6, 6.07) is 59.9. The second-order valence-corrected chi connectivity index (χ2v) is 35.3. The Balaban J connectivity index is 0.000000127. The highest BCUT2D eigenvalue weighted by Crippen LogP contribution is 2.45. The van der Waals surface area contributed by atoms with Gasteiger partial charge in [0.2, 0.25) is 0 Å². The van der Waals surface area contributed by atoms with Gasteiger partial charge in [0.05, 0.1) is 47.4 Å². The number of benzene rings is 10. The van der Waals surface area contributed by atoms with Gasteiger partial charge in [-0.05, 0) is 231 Å². The van der Waals surface area contributed by atoms with Crippen LogP contribution >= 0.6 is 90.7 Å². The Kier molecular flexibility index (Phi) is 25.7. The van der Waals surface area contributed by atoms with Gasteiger partial charge in [-0.15, -0.1) is 35.3 Å². The molecule has 1 aliphatic carbocycles. The Morgan fingerprint density at radius 1 is 0.372 bits per heavy atom. The van der Waals surface area contributed by atoms with E-state index in [1.54, 1.807) is 78.9 Å². The summed E-state index contributed by atoms with van der Waals surface area (Å²) < 4.78 is 121. The first kappa shape index (κ1) is 89.4. The van der Waals surface area contributed by atoms with Crippen LogP contribution < -0.4 is 44.7 Å². The zero-order valence-electron chi connectivity index (χ0n) is 66.9. The molecule has 129 heavy (non-hydrogen) atoms. The first-order chi connectivity index (χ1) is 61.9. The maximum Gasteiger partial charge on any atom is 0.416 e. The van der Waals surface area contributed by atoms with Gasteiger partial charge in [0.1, 0.15) is 63.6 Å². The van der Waals surface area contributed by atoms with Crippen LogP contribution in [0.25, 0.3) is 93.5 Å². The van der Waals surface area contributed by atoms with Crippen molar-refractivity contribution in [1.29, 1.82) is 0 Å². The van der Waals surface area contributed by atoms with Crippen molar-refractivity contribution in [2.45, 2.75) is 72.9 Å². The number of pyridine rings is 4. The van der Waals surface area contributed by atoms with E-state index in [0.29, 0.717) is 85.4 Å². The topological polar surface area (TPSA) is 290 Å². The van der Waals surface area contributed by atoms with Crippen LogP contribution in [-0.2, 0) is 38.7 Å². The number of halogens is 9. The fraction of sp³-hybridized carbons (Fsp3) is 0.0947. The van der Waals surface area contributed by atoms with Crippen LogP contribution in [0.3, 0.4) is 0 Å². The molecule has 8 aromatic heterocycles. The van der Waals surface area contributed by atoms with Gasteiger partial charge in [-0.1, -0.05) is 108 Å². The number of aromatic nitrogens is 4. The maximum atomic E-state index is 14.0. The molecule has 18 aromatic rings. The largest absolute Gasteiger partial charge is 0.506 e. The molecular weight excluding hydrogens is 1910 g/mol. The van der Waals surface area contributed by atoms with E-state index in [1.165, 1.54) is 126 Å². The SMILES string of the molecule is CSc1ccc2c(c1)c1oc(=O)c(Br)c(O)c1c(=O)n2Cc1ccc(F)cc1.CSc1ccc2c(c1)c1oc(=O)c(Sc3ccccc3)c(O)c1c(=O)n2Cc1ccc(F)cc1.CSc1ccc2c3oc(=O)c(Br)c(O)c3c(=O)n(Cc3ccc(F)cc3)c2c1.O=c1oc2c3c(n(-c4ccc(F)cc4)c(=O)c2c(O)c1Sc1cccc(C(F)(F)F)c1)-c1ccccc1CC3. The van der Waals surface area contributed by atoms with Crippen LogP contribution in [0.15, 0.2) is 330 Å². The Morgan fingerprint density at radius 3 is 1.25 bits per heavy atom. The van der Waals surface area contributed by atoms with Gasteiger partial charge in [0.15, 0.2) is 45.3 Å². The molecule has 10 aromatic carbocycles. The Morgan fingerprint density at radius 2 is 0.767 bits per heavy atom. The van der Waals surface area contributed by atoms with Gasteiger partial charge in [0.25, 0.3) is 22.2 Å². The molecule has 1 aliphatic rings. The highest BCUT2D eigenvalue weighted by Gasteiger charge is 2.34. The minimum Gasteiger partial charge on any atom is -0.506 e. The molecule has 0 fully saturated rings. The van der Waals surface area contributed by atoms with E-state index < -0.39 is 90.2 Å². The Labute approximate surface area is 759 Å². The number of fused-ring (bicyclic) bond motifs is 14. The van der Waals surface area contributed by atoms with Crippen LogP contribution in [0.2, 0.25) is 0 Å². The van der Waals surface area contributed by atoms with Crippen LogP contribution in [0.1, 0.15) is 33.4 Å². The molecule has 0 spiro atoms. The predicted molar refractivity (Wildman–Crippen MR) is 494 cm³/mol. The summed E-state index contributed by atoms with van der Waals surface area (Å²) in [7, 11) is 0. The third kappa shape index (κ3) is 17.7. The average Bonchev–Trinajstić information content (AvgIpc) is 0.732. The molecule has 0 radical (unpaired) electrons. The van der Waals surface area contributed by atoms with E-state index >= 15 is 0 Å². The van der Waals surface area contributed by atoms with Gasteiger partial charge in [0, 0.05) is 57.5 Å². The average molecular weight is 1970 g/mol. The van der Waals surface area contributed by atoms with Crippen molar-refractivity contribution in [1.82, 2.24) is 18.3 Å². The third-order valence-corrected chi connectivity index (χ3v) is 26.8. The molecule has 4 N–H and O–H groups in total. The standard InChI is InChI=1S/C29H17F4NO4S.C26H18FNO4S2.2C20H13BrFNO4S/c30-17-9-11-18(12-10-17)34-23-20-7-2-1-4-15(20)8-13-21(23)25-22(27(34)36)24(35)26(28(37)38-25)39-19-6-3-5-16(14-19)29(31,32)33;1-33-18-11-12-20-19(13-18)23-21(25(30)28(20)14-15-7-9-16(27)10-8-15)22(29)24(26(31)32-23)34-17-5-3-2-4-6-17;1-28-12-6-7-14-13(8-12)18-15(17(24)16(21)20(26)27-18)19(25)23(14)9-10-2-4-11(22)5-3-10;1-28-12-6-7-13-14(8-12)23(9-10-2-4-11(22)5-3-10)19(25)15-17(24)16(21)20(26)27-18(13)15/h1-7,9-12,14,35H,8,13H2;2-13,29H,14H2,1H3;2*2-8,24H,9H2,1H3. The van der Waals surface area contributed by atoms with Crippen molar-refractivity contribution >= 4 is 167 Å². The van der Waals surface area contributed by atoms with Crippen LogP contribution in [0.4, 0.5) is 30.7 Å². The van der Waals surface area contributed by atoms with E-state index in [4.69, 9.17) is 17.7 Å². The molecule has 19 rings (SSSR count). The number of rotatable bonds is 14. The molecule has 20 nitrogen and oxygen atoms in total. The van der Waals surface area contributed by atoms with Crippen molar-refractivity contribution in [2.75, 3.05) is 18.8 Å². The fourth-order valence-electron chi connectivity index (χ4n) is 15.0. The number of nitrogens with zero attached hydrogens (tertiary/aromatic N) is 4. The number of aromatic hydroxyl groups is 4. The molecule has 0 aliphatic heterocycles. The van der Waals surface area contributed by atoms with Gasteiger partial charge in [-0.2, -0.15) is 13.2 Å². The molecule has 0 amide bonds. The fourth-order valence-corrected chi connectivity index (χ4v) is 18.6. The van der Waals surface area contributed by atoms with Crippen molar-refractivity contribution in [3.05, 3.63) is 379 Å². The summed E-state index contributed by atoms with van der Waals surface area (Å²) >= 11 is 12.1. The second-order valence-electron chi connectivity index (χ2n) is 28.9. The molecule has 34 heteroatoms. The third-order valence-electron chi connectivity index (χ3n) is 21.1. The molecule has 650 valence electrons. The zero-order chi connectivity index (χ0) is 91.3. The Hall–Kier alpha value is -13.0. The lowest BCUT2D eigenvalue weighted by molar-refractivity contribution is -0.137. The molecule has 0 atom stereocenters. The minimum atomic E-state index is -4.61. The lowest BCUT2D eigenvalue weighted by atomic mass is 9.87. The lowest BCUT2D eigenvalue weighted by Crippen LogP contribution is -2.25. The Bertz CT molecular complexity index is 8120. The van der Waals surface area contributed by atoms with Crippen LogP contribution in [0.5, 0.6) is 23.0 Å². The van der Waals surface area contributed by atoms with E-state index in [0.717, 1.165) is 60.2 Å². The zero-order valence-corrected chi connectivity index (χ0v) is 74.1. The summed E-state index contributed by atoms with van der Waals surface area (Å²) in [5.74, 6) is -3.62. The number of alkyl halides is 3. The summed E-state index contributed by atoms with van der Waals surface area (Å²) in [5.41, 5.74) is 0.420. The van der Waals surface area contributed by atoms with E-state index in [-0.39, 0.29) is 99.7 Å². The summed E-state index contributed by atoms with van der Waals surface area (Å²) in [6.07, 6.45) is 2.08. The van der Waals surface area contributed by atoms with Gasteiger partial charge >= 0.3 is 28.7 Å². The highest BCUT2D eigenvalue weighted by molar-refractivity contribution is 9.11. The van der Waals surface area contributed by atoms with Gasteiger partial charge in [-0.3, -0.25) is 23.7 Å². The molecular formula is C95H61Br2F7N4O16S5. The second kappa shape index (κ2) is 37.0. The number of aryl methyl sites for hydroxylation is 2. The predicted octanol–water partition coefficient (Wildman–Crippen LogP) is 21.6. The summed E-state index contributed by atoms with van der Waals surface area (Å²) in [4.78, 5) is 107. The molecule has 0 unspecified atom stereocenters. The van der Waals surface area contributed by atoms with Crippen molar-refractivity contribution in [2.24, 2.45) is 0 Å². The monoisotopic (exact) mass is 1960 g/mol. The highest BCUT2D eigenvalue weighted by atomic mass is 79.9. The normalized spacial score (nSPS) is 11.8. The van der Waals surface area contributed by atoms with Crippen molar-refractivity contribution in [3.63, 3.8) is 0 Å². The molecule has 0 bridgehead atoms. The number of hydrogen-bond acceptors (Lipinski definition) is 21. The van der Waals surface area contributed by atoms with E-state index in [1.807, 2.05) is 85.5 Å². The summed E-state index contributed by atoms with van der Waals surface area (Å²) in [5, 5.41) is 44.3. The quantitative estimate of drug-likeness (QED) is 0.0447. The minimum absolute atomic E-state index is 0.0255. The number of thioether (sulfide) groups is 3. The molecule has 0 saturated carbocycles. The smallest absolute Gasteiger partial charge is 0.416 e.